The van der Waals surface area contributed by atoms with E-state index >= 15 is 0 Å². The summed E-state index contributed by atoms with van der Waals surface area (Å²) in [4.78, 5) is 0. The smallest absolute Gasteiger partial charge is 0.748 e. The summed E-state index contributed by atoms with van der Waals surface area (Å²) in [6.45, 7) is 3.91. The molecular weight excluding hydrogens is 368 g/mol. The van der Waals surface area contributed by atoms with E-state index in [0.29, 0.717) is 12.8 Å². The van der Waals surface area contributed by atoms with Crippen molar-refractivity contribution < 1.29 is 25.9 Å². The van der Waals surface area contributed by atoms with Crippen LogP contribution in [0.3, 0.4) is 0 Å². The van der Waals surface area contributed by atoms with Crippen molar-refractivity contribution in [2.45, 2.75) is 52.4 Å². The van der Waals surface area contributed by atoms with Crippen LogP contribution in [0.15, 0.2) is 0 Å². The van der Waals surface area contributed by atoms with Crippen LogP contribution in [0.1, 0.15) is 52.4 Å². The Morgan fingerprint density at radius 3 is 1.11 bits per heavy atom. The molecule has 0 aliphatic rings. The summed E-state index contributed by atoms with van der Waals surface area (Å²) in [6, 6.07) is 0. The third kappa shape index (κ3) is 32.7. The standard InChI is InChI=1S/2C5H12O3S.Sr/c2*1-2-3-4-5-9(6,7)8;/h2*2-5H2,1H3,(H,6,7,8);/q;;+2/p-2. The minimum Gasteiger partial charge on any atom is -0.748 e. The Bertz CT molecular complexity index is 339. The molecule has 112 valence electrons. The van der Waals surface area contributed by atoms with Crippen LogP contribution < -0.4 is 0 Å². The fraction of sp³-hybridized carbons (Fsp3) is 1.00. The van der Waals surface area contributed by atoms with Crippen LogP contribution in [-0.4, -0.2) is 82.9 Å². The SMILES string of the molecule is CCCCCS(=O)(=O)[O-].CCCCCS(=O)(=O)[O-].[Sr+2]. The number of hydrogen-bond donors (Lipinski definition) is 0. The van der Waals surface area contributed by atoms with E-state index in [9.17, 15) is 25.9 Å². The average molecular weight is 390 g/mol. The minimum absolute atomic E-state index is 0. The van der Waals surface area contributed by atoms with E-state index in [1.54, 1.807) is 0 Å². The molecule has 0 fully saturated rings. The number of rotatable bonds is 8. The van der Waals surface area contributed by atoms with Gasteiger partial charge in [0.25, 0.3) is 0 Å². The van der Waals surface area contributed by atoms with Gasteiger partial charge < -0.3 is 9.11 Å². The minimum atomic E-state index is -3.95. The van der Waals surface area contributed by atoms with Gasteiger partial charge in [0.05, 0.1) is 20.2 Å². The average Bonchev–Trinajstić information content (AvgIpc) is 2.16. The first-order valence-corrected chi connectivity index (χ1v) is 9.15. The molecule has 19 heavy (non-hydrogen) atoms. The Balaban J connectivity index is -0.000000256. The van der Waals surface area contributed by atoms with Crippen molar-refractivity contribution >= 4 is 65.7 Å². The monoisotopic (exact) mass is 390 g/mol. The number of hydrogen-bond acceptors (Lipinski definition) is 6. The predicted octanol–water partition coefficient (Wildman–Crippen LogP) is 1.06. The summed E-state index contributed by atoms with van der Waals surface area (Å²) in [5, 5.41) is 0. The van der Waals surface area contributed by atoms with Crippen molar-refractivity contribution in [2.75, 3.05) is 11.5 Å². The van der Waals surface area contributed by atoms with Gasteiger partial charge in [0.15, 0.2) is 0 Å². The normalized spacial score (nSPS) is 11.2. The van der Waals surface area contributed by atoms with E-state index < -0.39 is 20.2 Å². The second-order valence-corrected chi connectivity index (χ2v) is 6.99. The molecule has 0 atom stereocenters. The summed E-state index contributed by atoms with van der Waals surface area (Å²) in [5.74, 6) is -0.415. The maximum absolute atomic E-state index is 9.95. The maximum Gasteiger partial charge on any atom is 2.00 e. The first-order chi connectivity index (χ1) is 8.12. The summed E-state index contributed by atoms with van der Waals surface area (Å²) < 4.78 is 59.7. The van der Waals surface area contributed by atoms with Crippen LogP contribution in [0.5, 0.6) is 0 Å². The van der Waals surface area contributed by atoms with Gasteiger partial charge in [-0.3, -0.25) is 0 Å². The maximum atomic E-state index is 9.95. The van der Waals surface area contributed by atoms with Crippen LogP contribution in [0.4, 0.5) is 0 Å². The summed E-state index contributed by atoms with van der Waals surface area (Å²) in [6.07, 6.45) is 4.53. The van der Waals surface area contributed by atoms with E-state index in [0.717, 1.165) is 25.7 Å². The fourth-order valence-electron chi connectivity index (χ4n) is 1.06. The van der Waals surface area contributed by atoms with Gasteiger partial charge in [-0.2, -0.15) is 0 Å². The summed E-state index contributed by atoms with van der Waals surface area (Å²) >= 11 is 0. The van der Waals surface area contributed by atoms with E-state index in [1.165, 1.54) is 0 Å². The van der Waals surface area contributed by atoms with Crippen molar-refractivity contribution in [3.8, 4) is 0 Å². The summed E-state index contributed by atoms with van der Waals surface area (Å²) in [7, 11) is -7.89. The zero-order chi connectivity index (χ0) is 14.7. The van der Waals surface area contributed by atoms with Crippen molar-refractivity contribution in [3.05, 3.63) is 0 Å². The Hall–Kier alpha value is 1.30. The van der Waals surface area contributed by atoms with Crippen LogP contribution in [0.2, 0.25) is 0 Å². The molecular formula is C10H22O6S2Sr. The van der Waals surface area contributed by atoms with Gasteiger partial charge in [0, 0.05) is 11.5 Å². The van der Waals surface area contributed by atoms with Gasteiger partial charge in [0.1, 0.15) is 0 Å². The van der Waals surface area contributed by atoms with E-state index in [2.05, 4.69) is 0 Å². The third-order valence-corrected chi connectivity index (χ3v) is 3.57. The van der Waals surface area contributed by atoms with E-state index in [-0.39, 0.29) is 57.0 Å². The molecule has 6 nitrogen and oxygen atoms in total. The Kier molecular flexibility index (Phi) is 18.9. The molecule has 0 aromatic heterocycles. The first kappa shape index (κ1) is 25.3. The predicted molar refractivity (Wildman–Crippen MR) is 73.9 cm³/mol. The van der Waals surface area contributed by atoms with Crippen molar-refractivity contribution in [1.82, 2.24) is 0 Å². The zero-order valence-corrected chi connectivity index (χ0v) is 16.7. The van der Waals surface area contributed by atoms with Gasteiger partial charge in [0.2, 0.25) is 0 Å². The van der Waals surface area contributed by atoms with Crippen molar-refractivity contribution in [2.24, 2.45) is 0 Å². The van der Waals surface area contributed by atoms with Crippen molar-refractivity contribution in [1.29, 1.82) is 0 Å². The van der Waals surface area contributed by atoms with Crippen LogP contribution in [0, 0.1) is 0 Å². The molecule has 9 heteroatoms. The second-order valence-electron chi connectivity index (χ2n) is 3.94. The molecule has 0 bridgehead atoms. The van der Waals surface area contributed by atoms with Gasteiger partial charge in [-0.15, -0.1) is 0 Å². The molecule has 0 heterocycles. The summed E-state index contributed by atoms with van der Waals surface area (Å²) in [5.41, 5.74) is 0. The quantitative estimate of drug-likeness (QED) is 0.348. The molecule has 0 N–H and O–H groups in total. The van der Waals surface area contributed by atoms with Gasteiger partial charge >= 0.3 is 45.5 Å². The largest absolute Gasteiger partial charge is 2.00 e. The Morgan fingerprint density at radius 2 is 0.947 bits per heavy atom. The number of unbranched alkanes of at least 4 members (excludes halogenated alkanes) is 4. The molecule has 0 aromatic carbocycles. The van der Waals surface area contributed by atoms with E-state index in [4.69, 9.17) is 0 Å². The van der Waals surface area contributed by atoms with E-state index in [1.807, 2.05) is 13.8 Å². The third-order valence-electron chi connectivity index (χ3n) is 2.00. The molecule has 0 radical (unpaired) electrons. The second kappa shape index (κ2) is 14.2. The topological polar surface area (TPSA) is 114 Å². The zero-order valence-electron chi connectivity index (χ0n) is 11.6. The molecule has 0 aromatic rings. The Labute approximate surface area is 154 Å². The van der Waals surface area contributed by atoms with Gasteiger partial charge in [-0.25, -0.2) is 16.8 Å². The van der Waals surface area contributed by atoms with Crippen LogP contribution in [0.25, 0.3) is 0 Å². The molecule has 0 spiro atoms. The van der Waals surface area contributed by atoms with Crippen LogP contribution >= 0.6 is 0 Å². The molecule has 0 saturated carbocycles. The molecule has 0 aliphatic heterocycles. The molecule has 0 aliphatic carbocycles. The first-order valence-electron chi connectivity index (χ1n) is 5.99. The molecule has 0 amide bonds. The molecule has 0 saturated heterocycles. The van der Waals surface area contributed by atoms with Crippen LogP contribution in [-0.2, 0) is 20.2 Å². The Morgan fingerprint density at radius 1 is 0.684 bits per heavy atom. The van der Waals surface area contributed by atoms with Gasteiger partial charge in [-0.1, -0.05) is 39.5 Å². The van der Waals surface area contributed by atoms with Crippen molar-refractivity contribution in [3.63, 3.8) is 0 Å². The molecule has 0 unspecified atom stereocenters. The van der Waals surface area contributed by atoms with Gasteiger partial charge in [-0.05, 0) is 12.8 Å². The molecule has 0 rings (SSSR count). The fourth-order valence-corrected chi connectivity index (χ4v) is 2.17.